The Morgan fingerprint density at radius 1 is 1.21 bits per heavy atom. The van der Waals surface area contributed by atoms with Gasteiger partial charge in [0, 0.05) is 9.98 Å². The van der Waals surface area contributed by atoms with Crippen molar-refractivity contribution in [3.63, 3.8) is 0 Å². The monoisotopic (exact) mass is 354 g/mol. The van der Waals surface area contributed by atoms with Gasteiger partial charge in [-0.15, -0.1) is 11.8 Å². The Hall–Kier alpha value is 0.680. The molecule has 108 valence electrons. The van der Waals surface area contributed by atoms with Crippen LogP contribution in [0, 0.1) is 0 Å². The van der Waals surface area contributed by atoms with Crippen LogP contribution in [0.3, 0.4) is 0 Å². The molecule has 0 amide bonds. The van der Waals surface area contributed by atoms with Crippen molar-refractivity contribution in [1.29, 1.82) is 0 Å². The Labute approximate surface area is 133 Å². The molecule has 0 bridgehead atoms. The molecule has 1 atom stereocenters. The van der Waals surface area contributed by atoms with E-state index in [-0.39, 0.29) is 0 Å². The van der Waals surface area contributed by atoms with Crippen LogP contribution in [0.5, 0.6) is 5.75 Å². The van der Waals surface area contributed by atoms with Crippen LogP contribution >= 0.6 is 40.6 Å². The van der Waals surface area contributed by atoms with Crippen molar-refractivity contribution in [2.24, 2.45) is 0 Å². The Balaban J connectivity index is 2.67. The summed E-state index contributed by atoms with van der Waals surface area (Å²) in [5.41, 5.74) is -2.27. The SMILES string of the molecule is CCOP(=S)(Oc1ccc(SC)cc1)SCSCC. The second-order valence-electron chi connectivity index (χ2n) is 3.37. The molecule has 0 saturated heterocycles. The molecule has 7 heteroatoms. The third-order valence-electron chi connectivity index (χ3n) is 2.06. The Morgan fingerprint density at radius 2 is 1.89 bits per heavy atom. The van der Waals surface area contributed by atoms with E-state index in [0.29, 0.717) is 6.61 Å². The predicted octanol–water partition coefficient (Wildman–Crippen LogP) is 5.49. The maximum absolute atomic E-state index is 5.93. The molecule has 0 N–H and O–H groups in total. The average molecular weight is 355 g/mol. The first-order valence-corrected chi connectivity index (χ1v) is 12.5. The summed E-state index contributed by atoms with van der Waals surface area (Å²) in [7, 11) is 0. The number of benzene rings is 1. The van der Waals surface area contributed by atoms with E-state index in [2.05, 4.69) is 13.2 Å². The average Bonchev–Trinajstić information content (AvgIpc) is 2.40. The predicted molar refractivity (Wildman–Crippen MR) is 95.4 cm³/mol. The zero-order valence-corrected chi connectivity index (χ0v) is 15.5. The third-order valence-corrected chi connectivity index (χ3v) is 9.55. The molecule has 19 heavy (non-hydrogen) atoms. The van der Waals surface area contributed by atoms with Crippen molar-refractivity contribution in [3.8, 4) is 5.75 Å². The maximum Gasteiger partial charge on any atom is 0.298 e. The molecule has 0 radical (unpaired) electrons. The first-order chi connectivity index (χ1) is 9.13. The minimum Gasteiger partial charge on any atom is -0.436 e. The van der Waals surface area contributed by atoms with E-state index < -0.39 is 5.69 Å². The van der Waals surface area contributed by atoms with Crippen molar-refractivity contribution in [1.82, 2.24) is 0 Å². The quantitative estimate of drug-likeness (QED) is 0.251. The van der Waals surface area contributed by atoms with Gasteiger partial charge in [0.2, 0.25) is 0 Å². The van der Waals surface area contributed by atoms with E-state index in [1.807, 2.05) is 43.0 Å². The van der Waals surface area contributed by atoms with Gasteiger partial charge in [0.1, 0.15) is 5.75 Å². The molecule has 0 aliphatic carbocycles. The van der Waals surface area contributed by atoms with E-state index >= 15 is 0 Å². The van der Waals surface area contributed by atoms with Crippen LogP contribution in [0.4, 0.5) is 0 Å². The highest BCUT2D eigenvalue weighted by atomic mass is 32.9. The van der Waals surface area contributed by atoms with Crippen LogP contribution in [0.25, 0.3) is 0 Å². The van der Waals surface area contributed by atoms with Crippen molar-refractivity contribution < 1.29 is 9.05 Å². The molecule has 0 aliphatic heterocycles. The molecule has 0 spiro atoms. The minimum atomic E-state index is -2.27. The number of thioether (sulfide) groups is 2. The minimum absolute atomic E-state index is 0.587. The van der Waals surface area contributed by atoms with Gasteiger partial charge in [-0.3, -0.25) is 0 Å². The van der Waals surface area contributed by atoms with Crippen molar-refractivity contribution >= 4 is 52.4 Å². The zero-order valence-electron chi connectivity index (χ0n) is 11.3. The Kier molecular flexibility index (Phi) is 8.95. The summed E-state index contributed by atoms with van der Waals surface area (Å²) in [6.07, 6.45) is 2.05. The Morgan fingerprint density at radius 3 is 2.42 bits per heavy atom. The topological polar surface area (TPSA) is 18.5 Å². The summed E-state index contributed by atoms with van der Waals surface area (Å²) in [4.78, 5) is 1.21. The molecule has 0 aromatic heterocycles. The molecule has 1 rings (SSSR count). The van der Waals surface area contributed by atoms with Gasteiger partial charge in [-0.25, -0.2) is 0 Å². The van der Waals surface area contributed by atoms with Gasteiger partial charge >= 0.3 is 0 Å². The summed E-state index contributed by atoms with van der Waals surface area (Å²) in [5.74, 6) is 1.88. The summed E-state index contributed by atoms with van der Waals surface area (Å²) in [6.45, 7) is 4.68. The van der Waals surface area contributed by atoms with Gasteiger partial charge in [0.15, 0.2) is 0 Å². The summed E-state index contributed by atoms with van der Waals surface area (Å²) >= 11 is 10.7. The highest BCUT2D eigenvalue weighted by Gasteiger charge is 2.21. The highest BCUT2D eigenvalue weighted by molar-refractivity contribution is 8.69. The van der Waals surface area contributed by atoms with Crippen molar-refractivity contribution in [3.05, 3.63) is 24.3 Å². The van der Waals surface area contributed by atoms with Crippen LogP contribution < -0.4 is 4.52 Å². The maximum atomic E-state index is 5.93. The van der Waals surface area contributed by atoms with Gasteiger partial charge in [-0.05, 0) is 66.4 Å². The van der Waals surface area contributed by atoms with Crippen LogP contribution in [0.15, 0.2) is 29.2 Å². The Bertz CT molecular complexity index is 411. The molecule has 2 nitrogen and oxygen atoms in total. The molecule has 1 unspecified atom stereocenters. The van der Waals surface area contributed by atoms with E-state index in [4.69, 9.17) is 20.9 Å². The van der Waals surface area contributed by atoms with Crippen LogP contribution in [0.2, 0.25) is 0 Å². The molecular weight excluding hydrogens is 335 g/mol. The normalized spacial score (nSPS) is 14.1. The fourth-order valence-corrected chi connectivity index (χ4v) is 8.49. The molecule has 0 saturated carbocycles. The van der Waals surface area contributed by atoms with Gasteiger partial charge in [0.05, 0.1) is 6.61 Å². The van der Waals surface area contributed by atoms with Crippen LogP contribution in [-0.2, 0) is 16.3 Å². The number of hydrogen-bond donors (Lipinski definition) is 0. The van der Waals surface area contributed by atoms with Gasteiger partial charge < -0.3 is 9.05 Å². The summed E-state index contributed by atoms with van der Waals surface area (Å²) in [5, 5.41) is 0.913. The molecule has 1 aromatic carbocycles. The van der Waals surface area contributed by atoms with Crippen molar-refractivity contribution in [2.45, 2.75) is 18.7 Å². The number of hydrogen-bond acceptors (Lipinski definition) is 6. The largest absolute Gasteiger partial charge is 0.436 e. The first-order valence-electron chi connectivity index (χ1n) is 5.94. The molecule has 0 fully saturated rings. The lowest BCUT2D eigenvalue weighted by Gasteiger charge is -2.21. The summed E-state index contributed by atoms with van der Waals surface area (Å²) < 4.78 is 11.6. The second-order valence-corrected chi connectivity index (χ2v) is 12.1. The van der Waals surface area contributed by atoms with Crippen LogP contribution in [0.1, 0.15) is 13.8 Å². The fraction of sp³-hybridized carbons (Fsp3) is 0.500. The lowest BCUT2D eigenvalue weighted by atomic mass is 10.3. The molecular formula is C12H19O2PS4. The van der Waals surface area contributed by atoms with Gasteiger partial charge in [0.25, 0.3) is 5.69 Å². The zero-order chi connectivity index (χ0) is 14.1. The first kappa shape index (κ1) is 17.7. The standard InChI is InChI=1S/C12H19O2PS4/c1-4-13-15(16,19-10-18-5-2)14-11-6-8-12(17-3)9-7-11/h6-9H,4-5,10H2,1-3H3. The van der Waals surface area contributed by atoms with E-state index in [0.717, 1.165) is 16.6 Å². The lowest BCUT2D eigenvalue weighted by Crippen LogP contribution is -1.95. The second kappa shape index (κ2) is 9.59. The summed E-state index contributed by atoms with van der Waals surface area (Å²) in [6, 6.07) is 7.99. The van der Waals surface area contributed by atoms with E-state index in [1.165, 1.54) is 4.90 Å². The van der Waals surface area contributed by atoms with Crippen LogP contribution in [-0.4, -0.2) is 23.7 Å². The fourth-order valence-electron chi connectivity index (χ4n) is 1.20. The van der Waals surface area contributed by atoms with Crippen molar-refractivity contribution in [2.75, 3.05) is 23.7 Å². The molecule has 1 aromatic rings. The molecule has 0 aliphatic rings. The smallest absolute Gasteiger partial charge is 0.298 e. The molecule has 0 heterocycles. The third kappa shape index (κ3) is 6.78. The highest BCUT2D eigenvalue weighted by Crippen LogP contribution is 2.61. The lowest BCUT2D eigenvalue weighted by molar-refractivity contribution is 0.344. The van der Waals surface area contributed by atoms with E-state index in [9.17, 15) is 0 Å². The van der Waals surface area contributed by atoms with Gasteiger partial charge in [-0.2, -0.15) is 11.8 Å². The number of rotatable bonds is 9. The van der Waals surface area contributed by atoms with Gasteiger partial charge in [-0.1, -0.05) is 6.92 Å². The van der Waals surface area contributed by atoms with E-state index in [1.54, 1.807) is 23.1 Å².